The molecule has 0 aliphatic heterocycles. The Balaban J connectivity index is 2.75. The average molecular weight is 310 g/mol. The molecule has 22 heavy (non-hydrogen) atoms. The number of hydrogen-bond acceptors (Lipinski definition) is 6. The van der Waals surface area contributed by atoms with Crippen molar-refractivity contribution in [1.82, 2.24) is 5.32 Å². The Morgan fingerprint density at radius 3 is 2.64 bits per heavy atom. The third-order valence-electron chi connectivity index (χ3n) is 2.60. The lowest BCUT2D eigenvalue weighted by Gasteiger charge is -2.07. The van der Waals surface area contributed by atoms with Crippen LogP contribution in [0.5, 0.6) is 5.75 Å². The second kappa shape index (κ2) is 8.60. The van der Waals surface area contributed by atoms with Crippen molar-refractivity contribution < 1.29 is 24.0 Å². The van der Waals surface area contributed by atoms with Gasteiger partial charge in [0.1, 0.15) is 0 Å². The molecule has 8 heteroatoms. The van der Waals surface area contributed by atoms with Gasteiger partial charge in [0, 0.05) is 12.6 Å². The quantitative estimate of drug-likeness (QED) is 0.444. The fourth-order valence-corrected chi connectivity index (χ4v) is 1.59. The van der Waals surface area contributed by atoms with Crippen molar-refractivity contribution >= 4 is 17.6 Å². The van der Waals surface area contributed by atoms with Gasteiger partial charge in [-0.1, -0.05) is 6.92 Å². The van der Waals surface area contributed by atoms with Gasteiger partial charge < -0.3 is 14.8 Å². The number of rotatable bonds is 8. The molecular weight excluding hydrogens is 292 g/mol. The van der Waals surface area contributed by atoms with Gasteiger partial charge in [-0.2, -0.15) is 0 Å². The third-order valence-corrected chi connectivity index (χ3v) is 2.60. The summed E-state index contributed by atoms with van der Waals surface area (Å²) in [6, 6.07) is 3.75. The molecule has 1 N–H and O–H groups in total. The molecule has 1 aromatic rings. The van der Waals surface area contributed by atoms with E-state index in [9.17, 15) is 19.7 Å². The molecule has 8 nitrogen and oxygen atoms in total. The second-order valence-corrected chi connectivity index (χ2v) is 4.30. The summed E-state index contributed by atoms with van der Waals surface area (Å²) in [4.78, 5) is 33.5. The van der Waals surface area contributed by atoms with Crippen LogP contribution in [0.15, 0.2) is 18.2 Å². The Kier molecular flexibility index (Phi) is 6.81. The minimum Gasteiger partial charge on any atom is -0.487 e. The highest BCUT2D eigenvalue weighted by Gasteiger charge is 2.19. The first-order chi connectivity index (χ1) is 10.5. The Bertz CT molecular complexity index is 558. The number of nitro benzene ring substituents is 1. The van der Waals surface area contributed by atoms with Gasteiger partial charge in [0.15, 0.2) is 12.4 Å². The van der Waals surface area contributed by atoms with E-state index >= 15 is 0 Å². The van der Waals surface area contributed by atoms with E-state index in [1.165, 1.54) is 12.1 Å². The van der Waals surface area contributed by atoms with Crippen molar-refractivity contribution in [2.75, 3.05) is 19.8 Å². The molecule has 0 aliphatic carbocycles. The highest BCUT2D eigenvalue weighted by molar-refractivity contribution is 5.92. The van der Waals surface area contributed by atoms with E-state index in [1.807, 2.05) is 6.92 Å². The molecule has 0 fully saturated rings. The fraction of sp³-hybridized carbons (Fsp3) is 0.429. The first-order valence-electron chi connectivity index (χ1n) is 6.84. The number of carbonyl (C=O) groups is 2. The summed E-state index contributed by atoms with van der Waals surface area (Å²) in [7, 11) is 0. The summed E-state index contributed by atoms with van der Waals surface area (Å²) in [5, 5.41) is 13.5. The number of hydrogen-bond donors (Lipinski definition) is 1. The SMILES string of the molecule is CCCNC(=O)COC(=O)c1ccc(OCC)c([N+](=O)[O-])c1. The maximum absolute atomic E-state index is 11.8. The normalized spacial score (nSPS) is 9.91. The zero-order valence-corrected chi connectivity index (χ0v) is 12.5. The molecule has 0 unspecified atom stereocenters. The van der Waals surface area contributed by atoms with Crippen LogP contribution in [0.3, 0.4) is 0 Å². The molecule has 0 bridgehead atoms. The van der Waals surface area contributed by atoms with Crippen molar-refractivity contribution in [3.05, 3.63) is 33.9 Å². The zero-order chi connectivity index (χ0) is 16.5. The molecule has 0 spiro atoms. The van der Waals surface area contributed by atoms with E-state index in [-0.39, 0.29) is 23.6 Å². The van der Waals surface area contributed by atoms with Crippen LogP contribution in [0, 0.1) is 10.1 Å². The number of benzene rings is 1. The smallest absolute Gasteiger partial charge is 0.338 e. The van der Waals surface area contributed by atoms with E-state index in [2.05, 4.69) is 5.32 Å². The molecule has 120 valence electrons. The van der Waals surface area contributed by atoms with Crippen LogP contribution in [0.1, 0.15) is 30.6 Å². The van der Waals surface area contributed by atoms with Crippen molar-refractivity contribution in [2.24, 2.45) is 0 Å². The predicted octanol–water partition coefficient (Wildman–Crippen LogP) is 1.68. The molecule has 0 atom stereocenters. The average Bonchev–Trinajstić information content (AvgIpc) is 2.50. The maximum Gasteiger partial charge on any atom is 0.338 e. The van der Waals surface area contributed by atoms with Crippen LogP contribution in [0.2, 0.25) is 0 Å². The highest BCUT2D eigenvalue weighted by atomic mass is 16.6. The zero-order valence-electron chi connectivity index (χ0n) is 12.5. The number of amides is 1. The lowest BCUT2D eigenvalue weighted by Crippen LogP contribution is -2.29. The van der Waals surface area contributed by atoms with Gasteiger partial charge in [-0.05, 0) is 25.5 Å². The Morgan fingerprint density at radius 1 is 1.32 bits per heavy atom. The van der Waals surface area contributed by atoms with Crippen molar-refractivity contribution in [3.63, 3.8) is 0 Å². The minimum atomic E-state index is -0.808. The summed E-state index contributed by atoms with van der Waals surface area (Å²) in [5.41, 5.74) is -0.342. The topological polar surface area (TPSA) is 108 Å². The van der Waals surface area contributed by atoms with Gasteiger partial charge in [-0.15, -0.1) is 0 Å². The second-order valence-electron chi connectivity index (χ2n) is 4.30. The third kappa shape index (κ3) is 5.04. The summed E-state index contributed by atoms with van der Waals surface area (Å²) >= 11 is 0. The van der Waals surface area contributed by atoms with Crippen LogP contribution in [0.25, 0.3) is 0 Å². The molecule has 0 aromatic heterocycles. The largest absolute Gasteiger partial charge is 0.487 e. The molecule has 1 aromatic carbocycles. The lowest BCUT2D eigenvalue weighted by atomic mass is 10.2. The molecule has 1 rings (SSSR count). The molecule has 1 amide bonds. The predicted molar refractivity (Wildman–Crippen MR) is 77.8 cm³/mol. The van der Waals surface area contributed by atoms with E-state index in [4.69, 9.17) is 9.47 Å². The van der Waals surface area contributed by atoms with Crippen LogP contribution >= 0.6 is 0 Å². The summed E-state index contributed by atoms with van der Waals surface area (Å²) in [6.45, 7) is 3.92. The summed E-state index contributed by atoms with van der Waals surface area (Å²) in [6.07, 6.45) is 0.769. The number of nitro groups is 1. The first kappa shape index (κ1) is 17.4. The van der Waals surface area contributed by atoms with Crippen molar-refractivity contribution in [1.29, 1.82) is 0 Å². The fourth-order valence-electron chi connectivity index (χ4n) is 1.59. The van der Waals surface area contributed by atoms with Crippen LogP contribution in [-0.2, 0) is 9.53 Å². The molecule has 0 heterocycles. The van der Waals surface area contributed by atoms with Gasteiger partial charge in [-0.3, -0.25) is 14.9 Å². The van der Waals surface area contributed by atoms with E-state index < -0.39 is 23.4 Å². The Labute approximate surface area is 127 Å². The van der Waals surface area contributed by atoms with Gasteiger partial charge >= 0.3 is 11.7 Å². The molecule has 0 radical (unpaired) electrons. The number of nitrogens with zero attached hydrogens (tertiary/aromatic N) is 1. The van der Waals surface area contributed by atoms with Crippen molar-refractivity contribution in [3.8, 4) is 5.75 Å². The Hall–Kier alpha value is -2.64. The van der Waals surface area contributed by atoms with Gasteiger partial charge in [-0.25, -0.2) is 4.79 Å². The van der Waals surface area contributed by atoms with Gasteiger partial charge in [0.2, 0.25) is 0 Å². The summed E-state index contributed by atoms with van der Waals surface area (Å²) < 4.78 is 9.92. The highest BCUT2D eigenvalue weighted by Crippen LogP contribution is 2.28. The summed E-state index contributed by atoms with van der Waals surface area (Å²) in [5.74, 6) is -1.15. The van der Waals surface area contributed by atoms with Gasteiger partial charge in [0.25, 0.3) is 5.91 Å². The van der Waals surface area contributed by atoms with E-state index in [1.54, 1.807) is 6.92 Å². The van der Waals surface area contributed by atoms with Crippen LogP contribution < -0.4 is 10.1 Å². The maximum atomic E-state index is 11.8. The number of ether oxygens (including phenoxy) is 2. The minimum absolute atomic E-state index is 0.0153. The van der Waals surface area contributed by atoms with Crippen LogP contribution in [0.4, 0.5) is 5.69 Å². The number of carbonyl (C=O) groups excluding carboxylic acids is 2. The molecule has 0 aliphatic rings. The monoisotopic (exact) mass is 310 g/mol. The molecule has 0 saturated heterocycles. The number of esters is 1. The van der Waals surface area contributed by atoms with E-state index in [0.717, 1.165) is 12.5 Å². The van der Waals surface area contributed by atoms with E-state index in [0.29, 0.717) is 6.54 Å². The Morgan fingerprint density at radius 2 is 2.05 bits per heavy atom. The molecular formula is C14H18N2O6. The standard InChI is InChI=1S/C14H18N2O6/c1-3-7-15-13(17)9-22-14(18)10-5-6-12(21-4-2)11(8-10)16(19)20/h5-6,8H,3-4,7,9H2,1-2H3,(H,15,17). The van der Waals surface area contributed by atoms with Gasteiger partial charge in [0.05, 0.1) is 17.1 Å². The number of nitrogens with one attached hydrogen (secondary N) is 1. The first-order valence-corrected chi connectivity index (χ1v) is 6.84. The van der Waals surface area contributed by atoms with Crippen molar-refractivity contribution in [2.45, 2.75) is 20.3 Å². The van der Waals surface area contributed by atoms with Crippen LogP contribution in [-0.4, -0.2) is 36.6 Å². The molecule has 0 saturated carbocycles. The lowest BCUT2D eigenvalue weighted by molar-refractivity contribution is -0.385.